The molecule has 17 heavy (non-hydrogen) atoms. The zero-order valence-electron chi connectivity index (χ0n) is 10.4. The molecule has 1 aliphatic heterocycles. The molecule has 0 bridgehead atoms. The van der Waals surface area contributed by atoms with Crippen LogP contribution < -0.4 is 4.74 Å². The number of carbonyl (C=O) groups excluding carboxylic acids is 1. The number of methoxy groups -OCH3 is 1. The van der Waals surface area contributed by atoms with Crippen LogP contribution in [0.5, 0.6) is 5.75 Å². The Kier molecular flexibility index (Phi) is 3.79. The zero-order chi connectivity index (χ0) is 12.3. The molecule has 1 heterocycles. The van der Waals surface area contributed by atoms with Crippen molar-refractivity contribution >= 4 is 5.78 Å². The minimum atomic E-state index is 0.0941. The smallest absolute Gasteiger partial charge is 0.159 e. The van der Waals surface area contributed by atoms with Crippen LogP contribution in [0.2, 0.25) is 0 Å². The fourth-order valence-electron chi connectivity index (χ4n) is 2.21. The maximum atomic E-state index is 11.4. The molecule has 1 saturated heterocycles. The third kappa shape index (κ3) is 2.86. The van der Waals surface area contributed by atoms with Crippen molar-refractivity contribution in [2.75, 3.05) is 20.3 Å². The normalized spacial score (nSPS) is 19.3. The average molecular weight is 234 g/mol. The largest absolute Gasteiger partial charge is 0.496 e. The second-order valence-corrected chi connectivity index (χ2v) is 4.52. The van der Waals surface area contributed by atoms with E-state index in [1.807, 2.05) is 18.2 Å². The number of benzene rings is 1. The molecule has 1 fully saturated rings. The number of Topliss-reactive ketones (excluding diaryl/α,β-unsaturated/α-hetero) is 1. The highest BCUT2D eigenvalue weighted by molar-refractivity contribution is 5.94. The van der Waals surface area contributed by atoms with Crippen molar-refractivity contribution < 1.29 is 14.3 Å². The van der Waals surface area contributed by atoms with Gasteiger partial charge in [-0.1, -0.05) is 0 Å². The SMILES string of the molecule is COc1ccc(C(C)=O)cc1C[C@@H]1CCOC1. The van der Waals surface area contributed by atoms with E-state index in [9.17, 15) is 4.79 Å². The van der Waals surface area contributed by atoms with E-state index in [4.69, 9.17) is 9.47 Å². The van der Waals surface area contributed by atoms with Crippen LogP contribution in [0.1, 0.15) is 29.3 Å². The van der Waals surface area contributed by atoms with Crippen LogP contribution in [0, 0.1) is 5.92 Å². The molecule has 3 nitrogen and oxygen atoms in total. The first kappa shape index (κ1) is 12.1. The Labute approximate surface area is 102 Å². The first-order valence-corrected chi connectivity index (χ1v) is 5.96. The van der Waals surface area contributed by atoms with Gasteiger partial charge in [-0.2, -0.15) is 0 Å². The van der Waals surface area contributed by atoms with E-state index in [-0.39, 0.29) is 5.78 Å². The molecule has 0 unspecified atom stereocenters. The fourth-order valence-corrected chi connectivity index (χ4v) is 2.21. The summed E-state index contributed by atoms with van der Waals surface area (Å²) in [4.78, 5) is 11.4. The van der Waals surface area contributed by atoms with Crippen LogP contribution in [0.4, 0.5) is 0 Å². The minimum Gasteiger partial charge on any atom is -0.496 e. The maximum Gasteiger partial charge on any atom is 0.159 e. The second-order valence-electron chi connectivity index (χ2n) is 4.52. The van der Waals surface area contributed by atoms with Crippen LogP contribution in [0.3, 0.4) is 0 Å². The Morgan fingerprint density at radius 1 is 1.53 bits per heavy atom. The predicted octanol–water partition coefficient (Wildman–Crippen LogP) is 2.48. The summed E-state index contributed by atoms with van der Waals surface area (Å²) in [5.41, 5.74) is 1.86. The standard InChI is InChI=1S/C14H18O3/c1-10(15)12-3-4-14(16-2)13(8-12)7-11-5-6-17-9-11/h3-4,8,11H,5-7,9H2,1-2H3/t11-/m0/s1. The highest BCUT2D eigenvalue weighted by Crippen LogP contribution is 2.26. The molecule has 0 spiro atoms. The lowest BCUT2D eigenvalue weighted by Crippen LogP contribution is -2.06. The predicted molar refractivity (Wildman–Crippen MR) is 65.6 cm³/mol. The van der Waals surface area contributed by atoms with Crippen molar-refractivity contribution in [2.45, 2.75) is 19.8 Å². The Morgan fingerprint density at radius 2 is 2.35 bits per heavy atom. The van der Waals surface area contributed by atoms with Gasteiger partial charge in [0.05, 0.1) is 7.11 Å². The van der Waals surface area contributed by atoms with E-state index >= 15 is 0 Å². The number of carbonyl (C=O) groups is 1. The molecular formula is C14H18O3. The van der Waals surface area contributed by atoms with Gasteiger partial charge < -0.3 is 9.47 Å². The summed E-state index contributed by atoms with van der Waals surface area (Å²) < 4.78 is 10.7. The summed E-state index contributed by atoms with van der Waals surface area (Å²) in [6.07, 6.45) is 2.01. The molecule has 92 valence electrons. The number of ketones is 1. The highest BCUT2D eigenvalue weighted by Gasteiger charge is 2.18. The van der Waals surface area contributed by atoms with E-state index in [1.54, 1.807) is 14.0 Å². The number of hydrogen-bond acceptors (Lipinski definition) is 3. The Bertz CT molecular complexity index is 406. The van der Waals surface area contributed by atoms with Crippen molar-refractivity contribution in [3.8, 4) is 5.75 Å². The van der Waals surface area contributed by atoms with Crippen LogP contribution in [-0.2, 0) is 11.2 Å². The quantitative estimate of drug-likeness (QED) is 0.751. The fraction of sp³-hybridized carbons (Fsp3) is 0.500. The van der Waals surface area contributed by atoms with Gasteiger partial charge in [0, 0.05) is 18.8 Å². The highest BCUT2D eigenvalue weighted by atomic mass is 16.5. The van der Waals surface area contributed by atoms with Crippen LogP contribution in [0.25, 0.3) is 0 Å². The molecule has 0 N–H and O–H groups in total. The molecule has 0 radical (unpaired) electrons. The first-order valence-electron chi connectivity index (χ1n) is 5.96. The number of hydrogen-bond donors (Lipinski definition) is 0. The molecule has 1 aromatic carbocycles. The molecular weight excluding hydrogens is 216 g/mol. The van der Waals surface area contributed by atoms with E-state index in [2.05, 4.69) is 0 Å². The summed E-state index contributed by atoms with van der Waals surface area (Å²) in [5.74, 6) is 1.50. The lowest BCUT2D eigenvalue weighted by Gasteiger charge is -2.12. The van der Waals surface area contributed by atoms with Gasteiger partial charge in [0.2, 0.25) is 0 Å². The number of rotatable bonds is 4. The van der Waals surface area contributed by atoms with Gasteiger partial charge in [0.1, 0.15) is 5.75 Å². The van der Waals surface area contributed by atoms with Crippen molar-refractivity contribution in [1.29, 1.82) is 0 Å². The van der Waals surface area contributed by atoms with Crippen molar-refractivity contribution in [2.24, 2.45) is 5.92 Å². The minimum absolute atomic E-state index is 0.0941. The Balaban J connectivity index is 2.21. The third-order valence-electron chi connectivity index (χ3n) is 3.22. The molecule has 0 amide bonds. The molecule has 0 aliphatic carbocycles. The number of ether oxygens (including phenoxy) is 2. The second kappa shape index (κ2) is 5.32. The molecule has 1 aliphatic rings. The third-order valence-corrected chi connectivity index (χ3v) is 3.22. The molecule has 1 atom stereocenters. The monoisotopic (exact) mass is 234 g/mol. The van der Waals surface area contributed by atoms with Gasteiger partial charge in [-0.25, -0.2) is 0 Å². The van der Waals surface area contributed by atoms with Gasteiger partial charge in [-0.05, 0) is 49.4 Å². The van der Waals surface area contributed by atoms with E-state index in [0.29, 0.717) is 5.92 Å². The Hall–Kier alpha value is -1.35. The zero-order valence-corrected chi connectivity index (χ0v) is 10.4. The Morgan fingerprint density at radius 3 is 2.94 bits per heavy atom. The van der Waals surface area contributed by atoms with E-state index in [0.717, 1.165) is 42.9 Å². The van der Waals surface area contributed by atoms with Gasteiger partial charge in [-0.3, -0.25) is 4.79 Å². The summed E-state index contributed by atoms with van der Waals surface area (Å²) in [6, 6.07) is 5.64. The molecule has 0 aromatic heterocycles. The van der Waals surface area contributed by atoms with E-state index in [1.165, 1.54) is 0 Å². The van der Waals surface area contributed by atoms with Crippen LogP contribution in [-0.4, -0.2) is 26.1 Å². The molecule has 0 saturated carbocycles. The van der Waals surface area contributed by atoms with Crippen molar-refractivity contribution in [1.82, 2.24) is 0 Å². The summed E-state index contributed by atoms with van der Waals surface area (Å²) in [6.45, 7) is 3.25. The van der Waals surface area contributed by atoms with Crippen LogP contribution >= 0.6 is 0 Å². The van der Waals surface area contributed by atoms with Crippen molar-refractivity contribution in [3.63, 3.8) is 0 Å². The summed E-state index contributed by atoms with van der Waals surface area (Å²) in [5, 5.41) is 0. The molecule has 1 aromatic rings. The lowest BCUT2D eigenvalue weighted by molar-refractivity contribution is 0.101. The van der Waals surface area contributed by atoms with Gasteiger partial charge in [0.25, 0.3) is 0 Å². The van der Waals surface area contributed by atoms with Crippen molar-refractivity contribution in [3.05, 3.63) is 29.3 Å². The topological polar surface area (TPSA) is 35.5 Å². The van der Waals surface area contributed by atoms with Crippen LogP contribution in [0.15, 0.2) is 18.2 Å². The van der Waals surface area contributed by atoms with Gasteiger partial charge in [-0.15, -0.1) is 0 Å². The average Bonchev–Trinajstić information content (AvgIpc) is 2.81. The summed E-state index contributed by atoms with van der Waals surface area (Å²) >= 11 is 0. The summed E-state index contributed by atoms with van der Waals surface area (Å²) in [7, 11) is 1.66. The van der Waals surface area contributed by atoms with Gasteiger partial charge in [0.15, 0.2) is 5.78 Å². The first-order chi connectivity index (χ1) is 8.20. The maximum absolute atomic E-state index is 11.4. The lowest BCUT2D eigenvalue weighted by atomic mass is 9.96. The molecule has 2 rings (SSSR count). The van der Waals surface area contributed by atoms with Gasteiger partial charge >= 0.3 is 0 Å². The molecule has 3 heteroatoms. The van der Waals surface area contributed by atoms with E-state index < -0.39 is 0 Å².